The second-order valence-corrected chi connectivity index (χ2v) is 7.86. The molecule has 3 heterocycles. The normalized spacial score (nSPS) is 18.9. The molecule has 0 saturated carbocycles. The lowest BCUT2D eigenvalue weighted by atomic mass is 9.94. The van der Waals surface area contributed by atoms with Gasteiger partial charge in [-0.1, -0.05) is 32.1 Å². The Kier molecular flexibility index (Phi) is 5.73. The molecule has 1 unspecified atom stereocenters. The molecule has 130 valence electrons. The van der Waals surface area contributed by atoms with Crippen molar-refractivity contribution in [2.45, 2.75) is 46.0 Å². The maximum absolute atomic E-state index is 4.64. The van der Waals surface area contributed by atoms with Crippen molar-refractivity contribution < 1.29 is 0 Å². The van der Waals surface area contributed by atoms with Crippen molar-refractivity contribution in [1.82, 2.24) is 25.1 Å². The molecule has 7 heteroatoms. The number of nitrogens with one attached hydrogen (secondary N) is 1. The highest BCUT2D eigenvalue weighted by Crippen LogP contribution is 2.26. The molecule has 2 aromatic rings. The van der Waals surface area contributed by atoms with Crippen molar-refractivity contribution in [1.29, 1.82) is 0 Å². The van der Waals surface area contributed by atoms with Gasteiger partial charge in [-0.15, -0.1) is 10.2 Å². The summed E-state index contributed by atoms with van der Waals surface area (Å²) in [5.74, 6) is 1.93. The summed E-state index contributed by atoms with van der Waals surface area (Å²) < 4.78 is 0. The molecule has 1 aliphatic heterocycles. The zero-order valence-corrected chi connectivity index (χ0v) is 15.5. The minimum atomic E-state index is 0.493. The molecule has 0 amide bonds. The summed E-state index contributed by atoms with van der Waals surface area (Å²) in [5.41, 5.74) is 1.10. The molecule has 1 saturated heterocycles. The van der Waals surface area contributed by atoms with Crippen LogP contribution in [0.25, 0.3) is 0 Å². The molecule has 0 radical (unpaired) electrons. The first-order valence-electron chi connectivity index (χ1n) is 8.77. The maximum Gasteiger partial charge on any atom is 0.211 e. The first kappa shape index (κ1) is 17.2. The average Bonchev–Trinajstić information content (AvgIpc) is 3.03. The van der Waals surface area contributed by atoms with Crippen LogP contribution in [0.4, 0.5) is 10.9 Å². The van der Waals surface area contributed by atoms with E-state index in [9.17, 15) is 0 Å². The molecule has 2 aromatic heterocycles. The van der Waals surface area contributed by atoms with Crippen LogP contribution in [0.15, 0.2) is 12.4 Å². The standard InChI is InChI=1S/C17H26N6S/c1-4-16-21-22-17(24-16)20-15-9-18-14(8-19-15)13-6-5-7-23(11-13)10-12(2)3/h8-9,12-13H,4-7,10-11H2,1-3H3,(H,19,20,22). The lowest BCUT2D eigenvalue weighted by Crippen LogP contribution is -2.37. The van der Waals surface area contributed by atoms with Gasteiger partial charge in [-0.05, 0) is 31.7 Å². The molecule has 1 atom stereocenters. The van der Waals surface area contributed by atoms with Gasteiger partial charge in [0.1, 0.15) is 5.01 Å². The Hall–Kier alpha value is -1.60. The highest BCUT2D eigenvalue weighted by Gasteiger charge is 2.23. The third kappa shape index (κ3) is 4.48. The number of hydrogen-bond acceptors (Lipinski definition) is 7. The lowest BCUT2D eigenvalue weighted by molar-refractivity contribution is 0.186. The van der Waals surface area contributed by atoms with Gasteiger partial charge in [0.2, 0.25) is 5.13 Å². The van der Waals surface area contributed by atoms with Crippen LogP contribution >= 0.6 is 11.3 Å². The number of rotatable bonds is 6. The Morgan fingerprint density at radius 2 is 2.17 bits per heavy atom. The second kappa shape index (κ2) is 7.98. The quantitative estimate of drug-likeness (QED) is 0.864. The van der Waals surface area contributed by atoms with E-state index in [4.69, 9.17) is 0 Å². The SMILES string of the molecule is CCc1nnc(Nc2cnc(C3CCCN(CC(C)C)C3)cn2)s1. The molecule has 1 fully saturated rings. The minimum absolute atomic E-state index is 0.493. The van der Waals surface area contributed by atoms with Crippen LogP contribution in [-0.4, -0.2) is 44.7 Å². The Morgan fingerprint density at radius 1 is 1.29 bits per heavy atom. The number of piperidine rings is 1. The highest BCUT2D eigenvalue weighted by molar-refractivity contribution is 7.15. The first-order valence-corrected chi connectivity index (χ1v) is 9.59. The van der Waals surface area contributed by atoms with E-state index in [0.29, 0.717) is 11.8 Å². The van der Waals surface area contributed by atoms with Crippen molar-refractivity contribution in [2.75, 3.05) is 25.0 Å². The number of likely N-dealkylation sites (tertiary alicyclic amines) is 1. The van der Waals surface area contributed by atoms with Crippen molar-refractivity contribution in [3.63, 3.8) is 0 Å². The Balaban J connectivity index is 1.61. The molecule has 1 N–H and O–H groups in total. The van der Waals surface area contributed by atoms with E-state index in [1.54, 1.807) is 11.3 Å². The average molecular weight is 347 g/mol. The van der Waals surface area contributed by atoms with E-state index < -0.39 is 0 Å². The highest BCUT2D eigenvalue weighted by atomic mass is 32.1. The van der Waals surface area contributed by atoms with Crippen molar-refractivity contribution >= 4 is 22.3 Å². The maximum atomic E-state index is 4.64. The van der Waals surface area contributed by atoms with Crippen LogP contribution in [0, 0.1) is 5.92 Å². The number of nitrogens with zero attached hydrogens (tertiary/aromatic N) is 5. The molecule has 0 aromatic carbocycles. The van der Waals surface area contributed by atoms with E-state index >= 15 is 0 Å². The number of anilines is 2. The summed E-state index contributed by atoms with van der Waals surface area (Å²) in [6.45, 7) is 10.1. The van der Waals surface area contributed by atoms with Gasteiger partial charge in [0.25, 0.3) is 0 Å². The Bertz CT molecular complexity index is 639. The van der Waals surface area contributed by atoms with Gasteiger partial charge in [0.15, 0.2) is 5.82 Å². The predicted octanol–water partition coefficient (Wildman–Crippen LogP) is 3.47. The van der Waals surface area contributed by atoms with Gasteiger partial charge in [-0.25, -0.2) is 4.98 Å². The molecule has 24 heavy (non-hydrogen) atoms. The van der Waals surface area contributed by atoms with Crippen LogP contribution in [0.2, 0.25) is 0 Å². The summed E-state index contributed by atoms with van der Waals surface area (Å²) in [4.78, 5) is 11.7. The van der Waals surface area contributed by atoms with E-state index in [1.165, 1.54) is 25.9 Å². The van der Waals surface area contributed by atoms with Crippen LogP contribution in [0.5, 0.6) is 0 Å². The fraction of sp³-hybridized carbons (Fsp3) is 0.647. The summed E-state index contributed by atoms with van der Waals surface area (Å²) in [6.07, 6.45) is 7.06. The van der Waals surface area contributed by atoms with Crippen LogP contribution < -0.4 is 5.32 Å². The van der Waals surface area contributed by atoms with Crippen molar-refractivity contribution in [3.05, 3.63) is 23.1 Å². The molecule has 1 aliphatic rings. The minimum Gasteiger partial charge on any atom is -0.313 e. The van der Waals surface area contributed by atoms with Gasteiger partial charge < -0.3 is 10.2 Å². The van der Waals surface area contributed by atoms with Crippen molar-refractivity contribution in [2.24, 2.45) is 5.92 Å². The Labute approximate surface area is 147 Å². The summed E-state index contributed by atoms with van der Waals surface area (Å²) in [7, 11) is 0. The van der Waals surface area contributed by atoms with E-state index in [2.05, 4.69) is 51.2 Å². The third-order valence-corrected chi connectivity index (χ3v) is 5.21. The lowest BCUT2D eigenvalue weighted by Gasteiger charge is -2.33. The first-order chi connectivity index (χ1) is 11.6. The molecule has 6 nitrogen and oxygen atoms in total. The van der Waals surface area contributed by atoms with Gasteiger partial charge in [0.05, 0.1) is 18.1 Å². The second-order valence-electron chi connectivity index (χ2n) is 6.80. The molecule has 0 spiro atoms. The van der Waals surface area contributed by atoms with Gasteiger partial charge in [0, 0.05) is 19.0 Å². The van der Waals surface area contributed by atoms with E-state index in [1.807, 2.05) is 12.4 Å². The summed E-state index contributed by atoms with van der Waals surface area (Å²) in [5, 5.41) is 13.2. The fourth-order valence-electron chi connectivity index (χ4n) is 3.15. The third-order valence-electron chi connectivity index (χ3n) is 4.22. The van der Waals surface area contributed by atoms with Crippen LogP contribution in [0.3, 0.4) is 0 Å². The zero-order valence-electron chi connectivity index (χ0n) is 14.7. The van der Waals surface area contributed by atoms with Crippen LogP contribution in [-0.2, 0) is 6.42 Å². The fourth-order valence-corrected chi connectivity index (χ4v) is 3.84. The number of aromatic nitrogens is 4. The van der Waals surface area contributed by atoms with Crippen LogP contribution in [0.1, 0.15) is 50.2 Å². The topological polar surface area (TPSA) is 66.8 Å². The van der Waals surface area contributed by atoms with E-state index in [0.717, 1.165) is 34.6 Å². The van der Waals surface area contributed by atoms with Gasteiger partial charge in [-0.3, -0.25) is 4.98 Å². The summed E-state index contributed by atoms with van der Waals surface area (Å²) >= 11 is 1.56. The Morgan fingerprint density at radius 3 is 2.83 bits per heavy atom. The van der Waals surface area contributed by atoms with Gasteiger partial charge >= 0.3 is 0 Å². The molecule has 0 bridgehead atoms. The van der Waals surface area contributed by atoms with Gasteiger partial charge in [-0.2, -0.15) is 0 Å². The monoisotopic (exact) mass is 346 g/mol. The molecular weight excluding hydrogens is 320 g/mol. The predicted molar refractivity (Wildman–Crippen MR) is 97.9 cm³/mol. The molecular formula is C17H26N6S. The smallest absolute Gasteiger partial charge is 0.211 e. The number of hydrogen-bond donors (Lipinski definition) is 1. The molecule has 0 aliphatic carbocycles. The largest absolute Gasteiger partial charge is 0.313 e. The number of aryl methyl sites for hydroxylation is 1. The summed E-state index contributed by atoms with van der Waals surface area (Å²) in [6, 6.07) is 0. The zero-order chi connectivity index (χ0) is 16.9. The van der Waals surface area contributed by atoms with E-state index in [-0.39, 0.29) is 0 Å². The van der Waals surface area contributed by atoms with Crippen molar-refractivity contribution in [3.8, 4) is 0 Å². The molecule has 3 rings (SSSR count).